The molecule has 0 saturated carbocycles. The largest absolute Gasteiger partial charge is 0.479 e. The fourth-order valence-corrected chi connectivity index (χ4v) is 4.77. The van der Waals surface area contributed by atoms with Gasteiger partial charge in [-0.25, -0.2) is 14.6 Å². The molecule has 0 bridgehead atoms. The van der Waals surface area contributed by atoms with E-state index < -0.39 is 30.1 Å². The van der Waals surface area contributed by atoms with Crippen molar-refractivity contribution < 1.29 is 29.3 Å². The second-order valence-electron chi connectivity index (χ2n) is 8.43. The number of anilines is 1. The number of carbonyl (C=O) groups excluding carboxylic acids is 2. The molecule has 1 aliphatic rings. The second kappa shape index (κ2) is 10.2. The highest BCUT2D eigenvalue weighted by Crippen LogP contribution is 2.44. The van der Waals surface area contributed by atoms with Gasteiger partial charge < -0.3 is 20.3 Å². The molecule has 35 heavy (non-hydrogen) atoms. The first-order valence-corrected chi connectivity index (χ1v) is 11.8. The number of benzene rings is 2. The Labute approximate surface area is 205 Å². The van der Waals surface area contributed by atoms with Gasteiger partial charge in [0.05, 0.1) is 6.61 Å². The maximum absolute atomic E-state index is 12.4. The smallest absolute Gasteiger partial charge is 0.413 e. The molecule has 1 atom stereocenters. The quantitative estimate of drug-likeness (QED) is 0.357. The highest BCUT2D eigenvalue weighted by molar-refractivity contribution is 7.15. The number of nitrogens with zero attached hydrogens (tertiary/aromatic N) is 1. The summed E-state index contributed by atoms with van der Waals surface area (Å²) in [5, 5.41) is 23.6. The zero-order valence-electron chi connectivity index (χ0n) is 19.0. The first-order chi connectivity index (χ1) is 16.8. The van der Waals surface area contributed by atoms with Crippen molar-refractivity contribution >= 4 is 34.4 Å². The van der Waals surface area contributed by atoms with Crippen LogP contribution in [-0.2, 0) is 20.7 Å². The lowest BCUT2D eigenvalue weighted by Crippen LogP contribution is -2.54. The monoisotopic (exact) mass is 495 g/mol. The number of amides is 2. The second-order valence-corrected chi connectivity index (χ2v) is 9.54. The van der Waals surface area contributed by atoms with E-state index in [0.29, 0.717) is 11.6 Å². The van der Waals surface area contributed by atoms with Crippen LogP contribution in [0.4, 0.5) is 9.93 Å². The van der Waals surface area contributed by atoms with Crippen LogP contribution < -0.4 is 10.6 Å². The van der Waals surface area contributed by atoms with Crippen molar-refractivity contribution in [2.75, 3.05) is 18.5 Å². The standard InChI is InChI=1S/C25H25N3O6S/c1-25(14-29,22(31)32)28-21(30)11-10-15-12-26-23(35-15)27-24(33)34-13-20-18-8-4-2-6-16(18)17-7-3-5-9-19(17)20/h2-9,12,20,29H,10-11,13-14H2,1H3,(H,28,30)(H,31,32)(H,26,27,33). The van der Waals surface area contributed by atoms with E-state index in [1.54, 1.807) is 6.20 Å². The number of carboxylic acids is 1. The van der Waals surface area contributed by atoms with Crippen LogP contribution in [-0.4, -0.2) is 51.9 Å². The van der Waals surface area contributed by atoms with Gasteiger partial charge in [-0.2, -0.15) is 0 Å². The number of carbonyl (C=O) groups is 3. The van der Waals surface area contributed by atoms with E-state index in [4.69, 9.17) is 9.84 Å². The Morgan fingerprint density at radius 1 is 1.09 bits per heavy atom. The van der Waals surface area contributed by atoms with Gasteiger partial charge in [0, 0.05) is 23.4 Å². The normalized spacial score (nSPS) is 13.9. The molecule has 1 aliphatic carbocycles. The summed E-state index contributed by atoms with van der Waals surface area (Å²) in [5.41, 5.74) is 2.80. The molecule has 2 amide bonds. The van der Waals surface area contributed by atoms with Gasteiger partial charge in [0.25, 0.3) is 0 Å². The van der Waals surface area contributed by atoms with Gasteiger partial charge in [0.2, 0.25) is 5.91 Å². The van der Waals surface area contributed by atoms with E-state index in [-0.39, 0.29) is 18.9 Å². The average molecular weight is 496 g/mol. The molecule has 0 radical (unpaired) electrons. The van der Waals surface area contributed by atoms with E-state index >= 15 is 0 Å². The number of thiazole rings is 1. The van der Waals surface area contributed by atoms with Gasteiger partial charge >= 0.3 is 12.1 Å². The van der Waals surface area contributed by atoms with Crippen LogP contribution in [0.25, 0.3) is 11.1 Å². The lowest BCUT2D eigenvalue weighted by Gasteiger charge is -2.23. The van der Waals surface area contributed by atoms with Crippen LogP contribution in [0.2, 0.25) is 0 Å². The third-order valence-electron chi connectivity index (χ3n) is 5.91. The Morgan fingerprint density at radius 2 is 1.71 bits per heavy atom. The molecule has 182 valence electrons. The van der Waals surface area contributed by atoms with Crippen molar-refractivity contribution in [3.63, 3.8) is 0 Å². The van der Waals surface area contributed by atoms with Crippen molar-refractivity contribution in [3.8, 4) is 11.1 Å². The number of ether oxygens (including phenoxy) is 1. The lowest BCUT2D eigenvalue weighted by molar-refractivity contribution is -0.148. The topological polar surface area (TPSA) is 138 Å². The first-order valence-electron chi connectivity index (χ1n) is 11.0. The zero-order valence-corrected chi connectivity index (χ0v) is 19.8. The number of carboxylic acid groups (broad SMARTS) is 1. The van der Waals surface area contributed by atoms with E-state index in [9.17, 15) is 19.5 Å². The molecule has 2 aromatic carbocycles. The number of aliphatic hydroxyl groups excluding tert-OH is 1. The summed E-state index contributed by atoms with van der Waals surface area (Å²) in [6, 6.07) is 16.2. The molecule has 0 aliphatic heterocycles. The van der Waals surface area contributed by atoms with E-state index in [1.165, 1.54) is 18.3 Å². The van der Waals surface area contributed by atoms with Gasteiger partial charge in [-0.15, -0.1) is 11.3 Å². The third kappa shape index (κ3) is 5.33. The van der Waals surface area contributed by atoms with Crippen LogP contribution in [0.3, 0.4) is 0 Å². The van der Waals surface area contributed by atoms with Crippen LogP contribution in [0, 0.1) is 0 Å². The number of fused-ring (bicyclic) bond motifs is 3. The van der Waals surface area contributed by atoms with Crippen molar-refractivity contribution in [2.45, 2.75) is 31.2 Å². The number of aliphatic carboxylic acids is 1. The SMILES string of the molecule is CC(CO)(NC(=O)CCc1cnc(NC(=O)OCC2c3ccccc3-c3ccccc32)s1)C(=O)O. The highest BCUT2D eigenvalue weighted by Gasteiger charge is 2.34. The molecular formula is C25H25N3O6S. The molecule has 4 rings (SSSR count). The Balaban J connectivity index is 1.29. The van der Waals surface area contributed by atoms with Crippen molar-refractivity contribution in [3.05, 3.63) is 70.7 Å². The summed E-state index contributed by atoms with van der Waals surface area (Å²) < 4.78 is 5.51. The number of rotatable bonds is 9. The molecule has 0 spiro atoms. The molecule has 0 fully saturated rings. The summed E-state index contributed by atoms with van der Waals surface area (Å²) in [7, 11) is 0. The Kier molecular flexibility index (Phi) is 7.13. The van der Waals surface area contributed by atoms with Gasteiger partial charge in [-0.3, -0.25) is 10.1 Å². The van der Waals surface area contributed by atoms with Gasteiger partial charge in [0.15, 0.2) is 10.7 Å². The predicted molar refractivity (Wildman–Crippen MR) is 130 cm³/mol. The van der Waals surface area contributed by atoms with E-state index in [1.807, 2.05) is 36.4 Å². The number of aliphatic hydroxyl groups is 1. The van der Waals surface area contributed by atoms with Crippen molar-refractivity contribution in [2.24, 2.45) is 0 Å². The number of aryl methyl sites for hydroxylation is 1. The maximum Gasteiger partial charge on any atom is 0.413 e. The first kappa shape index (κ1) is 24.4. The summed E-state index contributed by atoms with van der Waals surface area (Å²) in [4.78, 5) is 40.6. The number of aromatic nitrogens is 1. The van der Waals surface area contributed by atoms with Crippen LogP contribution in [0.1, 0.15) is 35.3 Å². The molecule has 1 aromatic heterocycles. The van der Waals surface area contributed by atoms with Crippen LogP contribution in [0.5, 0.6) is 0 Å². The molecular weight excluding hydrogens is 470 g/mol. The molecule has 1 heterocycles. The minimum atomic E-state index is -1.73. The fraction of sp³-hybridized carbons (Fsp3) is 0.280. The molecule has 0 saturated heterocycles. The average Bonchev–Trinajstić information content (AvgIpc) is 3.43. The Morgan fingerprint density at radius 3 is 2.31 bits per heavy atom. The van der Waals surface area contributed by atoms with Gasteiger partial charge in [-0.05, 0) is 35.6 Å². The van der Waals surface area contributed by atoms with Gasteiger partial charge in [0.1, 0.15) is 6.61 Å². The van der Waals surface area contributed by atoms with E-state index in [0.717, 1.165) is 27.1 Å². The van der Waals surface area contributed by atoms with Crippen molar-refractivity contribution in [1.29, 1.82) is 0 Å². The highest BCUT2D eigenvalue weighted by atomic mass is 32.1. The minimum Gasteiger partial charge on any atom is -0.479 e. The molecule has 9 nitrogen and oxygen atoms in total. The zero-order chi connectivity index (χ0) is 25.0. The maximum atomic E-state index is 12.4. The molecule has 3 aromatic rings. The summed E-state index contributed by atoms with van der Waals surface area (Å²) >= 11 is 1.20. The van der Waals surface area contributed by atoms with Crippen LogP contribution in [0.15, 0.2) is 54.7 Å². The Bertz CT molecular complexity index is 1210. The summed E-state index contributed by atoms with van der Waals surface area (Å²) in [5.74, 6) is -1.88. The Hall–Kier alpha value is -3.76. The lowest BCUT2D eigenvalue weighted by atomic mass is 9.98. The molecule has 4 N–H and O–H groups in total. The van der Waals surface area contributed by atoms with E-state index in [2.05, 4.69) is 27.8 Å². The summed E-state index contributed by atoms with van der Waals surface area (Å²) in [6.45, 7) is 0.699. The number of nitrogens with one attached hydrogen (secondary N) is 2. The van der Waals surface area contributed by atoms with Crippen LogP contribution >= 0.6 is 11.3 Å². The number of hydrogen-bond acceptors (Lipinski definition) is 7. The fourth-order valence-electron chi connectivity index (χ4n) is 3.97. The predicted octanol–water partition coefficient (Wildman–Crippen LogP) is 3.39. The number of hydrogen-bond donors (Lipinski definition) is 4. The minimum absolute atomic E-state index is 0.00937. The molecule has 10 heteroatoms. The molecule has 1 unspecified atom stereocenters. The third-order valence-corrected chi connectivity index (χ3v) is 6.88. The van der Waals surface area contributed by atoms with Crippen molar-refractivity contribution in [1.82, 2.24) is 10.3 Å². The van der Waals surface area contributed by atoms with Gasteiger partial charge in [-0.1, -0.05) is 48.5 Å². The summed E-state index contributed by atoms with van der Waals surface area (Å²) in [6.07, 6.45) is 1.23.